The Hall–Kier alpha value is -2.20. The van der Waals surface area contributed by atoms with E-state index in [0.717, 1.165) is 27.4 Å². The van der Waals surface area contributed by atoms with Crippen LogP contribution in [0.5, 0.6) is 0 Å². The van der Waals surface area contributed by atoms with Crippen LogP contribution in [0.3, 0.4) is 0 Å². The highest BCUT2D eigenvalue weighted by Gasteiger charge is 2.09. The van der Waals surface area contributed by atoms with Gasteiger partial charge >= 0.3 is 0 Å². The molecule has 0 atom stereocenters. The zero-order valence-electron chi connectivity index (χ0n) is 10.3. The Morgan fingerprint density at radius 2 is 1.70 bits per heavy atom. The quantitative estimate of drug-likeness (QED) is 0.358. The lowest BCUT2D eigenvalue weighted by atomic mass is 10.1. The van der Waals surface area contributed by atoms with Gasteiger partial charge in [-0.3, -0.25) is 4.79 Å². The summed E-state index contributed by atoms with van der Waals surface area (Å²) in [7, 11) is 0. The maximum atomic E-state index is 11.7. The molecule has 96 valence electrons. The van der Waals surface area contributed by atoms with Gasteiger partial charge < -0.3 is 4.42 Å². The number of benzene rings is 3. The van der Waals surface area contributed by atoms with Crippen molar-refractivity contribution in [3.63, 3.8) is 0 Å². The first-order chi connectivity index (χ1) is 9.74. The number of halogens is 1. The molecule has 1 aromatic heterocycles. The highest BCUT2D eigenvalue weighted by atomic mass is 79.9. The van der Waals surface area contributed by atoms with Crippen LogP contribution in [0, 0.1) is 0 Å². The summed E-state index contributed by atoms with van der Waals surface area (Å²) >= 11 is 3.34. The minimum Gasteiger partial charge on any atom is -0.452 e. The normalized spacial score (nSPS) is 11.4. The van der Waals surface area contributed by atoms with E-state index in [4.69, 9.17) is 4.42 Å². The molecule has 4 aromatic rings. The van der Waals surface area contributed by atoms with E-state index >= 15 is 0 Å². The third-order valence-corrected chi connectivity index (χ3v) is 4.17. The second kappa shape index (κ2) is 4.15. The molecule has 0 radical (unpaired) electrons. The van der Waals surface area contributed by atoms with E-state index in [0.29, 0.717) is 10.1 Å². The zero-order valence-corrected chi connectivity index (χ0v) is 11.8. The maximum Gasteiger partial charge on any atom is 0.193 e. The highest BCUT2D eigenvalue weighted by molar-refractivity contribution is 9.10. The Morgan fingerprint density at radius 3 is 2.60 bits per heavy atom. The number of para-hydroxylation sites is 2. The van der Waals surface area contributed by atoms with Gasteiger partial charge in [0.2, 0.25) is 0 Å². The zero-order chi connectivity index (χ0) is 13.7. The van der Waals surface area contributed by atoms with Crippen LogP contribution < -0.4 is 5.43 Å². The molecule has 0 spiro atoms. The van der Waals surface area contributed by atoms with Crippen molar-refractivity contribution in [2.24, 2.45) is 0 Å². The summed E-state index contributed by atoms with van der Waals surface area (Å²) in [6, 6.07) is 14.7. The number of aromatic nitrogens is 1. The van der Waals surface area contributed by atoms with Gasteiger partial charge in [-0.25, -0.2) is 4.98 Å². The van der Waals surface area contributed by atoms with Crippen molar-refractivity contribution < 1.29 is 4.42 Å². The van der Waals surface area contributed by atoms with E-state index < -0.39 is 0 Å². The SMILES string of the molecule is O=c1ccc2c(ccc3nc4ccccc4oc32)c1Br. The summed E-state index contributed by atoms with van der Waals surface area (Å²) in [5, 5.41) is 1.72. The van der Waals surface area contributed by atoms with E-state index in [2.05, 4.69) is 20.9 Å². The lowest BCUT2D eigenvalue weighted by Crippen LogP contribution is -1.99. The molecule has 20 heavy (non-hydrogen) atoms. The fraction of sp³-hybridized carbons (Fsp3) is 0. The van der Waals surface area contributed by atoms with Crippen molar-refractivity contribution in [2.45, 2.75) is 0 Å². The number of hydrogen-bond donors (Lipinski definition) is 0. The molecule has 0 fully saturated rings. The van der Waals surface area contributed by atoms with E-state index in [9.17, 15) is 4.79 Å². The molecule has 0 saturated heterocycles. The number of rotatable bonds is 0. The van der Waals surface area contributed by atoms with E-state index in [1.807, 2.05) is 36.4 Å². The minimum atomic E-state index is -0.0365. The molecule has 0 bridgehead atoms. The molecule has 0 amide bonds. The molecule has 3 aromatic carbocycles. The van der Waals surface area contributed by atoms with Gasteiger partial charge in [0.25, 0.3) is 0 Å². The summed E-state index contributed by atoms with van der Waals surface area (Å²) in [5.41, 5.74) is 2.99. The predicted molar refractivity (Wildman–Crippen MR) is 83.0 cm³/mol. The summed E-state index contributed by atoms with van der Waals surface area (Å²) in [6.45, 7) is 0. The molecule has 3 nitrogen and oxygen atoms in total. The van der Waals surface area contributed by atoms with Crippen LogP contribution in [0.2, 0.25) is 0 Å². The lowest BCUT2D eigenvalue weighted by molar-refractivity contribution is 0.661. The van der Waals surface area contributed by atoms with Crippen molar-refractivity contribution in [2.75, 3.05) is 0 Å². The fourth-order valence-corrected chi connectivity index (χ4v) is 2.86. The van der Waals surface area contributed by atoms with Crippen molar-refractivity contribution in [3.8, 4) is 0 Å². The van der Waals surface area contributed by atoms with Gasteiger partial charge in [0.1, 0.15) is 11.0 Å². The minimum absolute atomic E-state index is 0.0365. The van der Waals surface area contributed by atoms with Crippen molar-refractivity contribution >= 4 is 48.9 Å². The Bertz CT molecular complexity index is 1040. The van der Waals surface area contributed by atoms with Crippen LogP contribution in [0.1, 0.15) is 0 Å². The van der Waals surface area contributed by atoms with Crippen LogP contribution in [-0.2, 0) is 0 Å². The predicted octanol–water partition coefficient (Wildman–Crippen LogP) is 4.26. The summed E-state index contributed by atoms with van der Waals surface area (Å²) in [6.07, 6.45) is 0. The van der Waals surface area contributed by atoms with Gasteiger partial charge in [-0.15, -0.1) is 0 Å². The Kier molecular flexibility index (Phi) is 2.41. The van der Waals surface area contributed by atoms with Gasteiger partial charge in [-0.05, 0) is 46.3 Å². The number of hydrogen-bond acceptors (Lipinski definition) is 3. The van der Waals surface area contributed by atoms with Gasteiger partial charge in [-0.2, -0.15) is 0 Å². The average molecular weight is 326 g/mol. The molecule has 0 N–H and O–H groups in total. The van der Waals surface area contributed by atoms with Gasteiger partial charge in [0, 0.05) is 10.8 Å². The van der Waals surface area contributed by atoms with Gasteiger partial charge in [0.15, 0.2) is 16.6 Å². The Labute approximate surface area is 122 Å². The molecular formula is C16H8BrNO2. The first kappa shape index (κ1) is 11.6. The third kappa shape index (κ3) is 1.58. The van der Waals surface area contributed by atoms with Gasteiger partial charge in [0.05, 0.1) is 4.47 Å². The number of nitrogens with zero attached hydrogens (tertiary/aromatic N) is 1. The second-order valence-corrected chi connectivity index (χ2v) is 5.36. The molecule has 4 rings (SSSR count). The van der Waals surface area contributed by atoms with Crippen molar-refractivity contribution in [1.29, 1.82) is 0 Å². The van der Waals surface area contributed by atoms with Gasteiger partial charge in [-0.1, -0.05) is 18.2 Å². The van der Waals surface area contributed by atoms with Crippen LogP contribution in [0.25, 0.3) is 33.0 Å². The first-order valence-corrected chi connectivity index (χ1v) is 6.94. The monoisotopic (exact) mass is 325 g/mol. The lowest BCUT2D eigenvalue weighted by Gasteiger charge is -2.05. The van der Waals surface area contributed by atoms with Crippen molar-refractivity contribution in [1.82, 2.24) is 4.98 Å². The first-order valence-electron chi connectivity index (χ1n) is 6.15. The summed E-state index contributed by atoms with van der Waals surface area (Å²) in [5.74, 6) is 0. The van der Waals surface area contributed by atoms with E-state index in [1.54, 1.807) is 6.07 Å². The molecule has 0 aliphatic heterocycles. The summed E-state index contributed by atoms with van der Waals surface area (Å²) in [4.78, 5) is 16.3. The Balaban J connectivity index is 2.26. The van der Waals surface area contributed by atoms with Crippen molar-refractivity contribution in [3.05, 3.63) is 63.2 Å². The molecule has 4 heteroatoms. The average Bonchev–Trinajstić information content (AvgIpc) is 2.48. The van der Waals surface area contributed by atoms with E-state index in [-0.39, 0.29) is 5.43 Å². The molecule has 0 aliphatic rings. The third-order valence-electron chi connectivity index (χ3n) is 3.35. The number of fused-ring (bicyclic) bond motifs is 4. The molecule has 1 heterocycles. The standard InChI is InChI=1S/C16H8BrNO2/c17-15-9-5-7-12-16(10(9)6-8-13(15)19)20-14-4-2-1-3-11(14)18-12/h1-8H. The van der Waals surface area contributed by atoms with Crippen LogP contribution >= 0.6 is 15.9 Å². The molecular weight excluding hydrogens is 318 g/mol. The van der Waals surface area contributed by atoms with Crippen LogP contribution in [-0.4, -0.2) is 4.98 Å². The molecule has 0 saturated carbocycles. The second-order valence-electron chi connectivity index (χ2n) is 4.57. The highest BCUT2D eigenvalue weighted by Crippen LogP contribution is 2.29. The van der Waals surface area contributed by atoms with Crippen LogP contribution in [0.15, 0.2) is 62.2 Å². The van der Waals surface area contributed by atoms with E-state index in [1.165, 1.54) is 6.07 Å². The largest absolute Gasteiger partial charge is 0.452 e. The fourth-order valence-electron chi connectivity index (χ4n) is 2.38. The Morgan fingerprint density at radius 1 is 0.900 bits per heavy atom. The maximum absolute atomic E-state index is 11.7. The topological polar surface area (TPSA) is 43.1 Å². The summed E-state index contributed by atoms with van der Waals surface area (Å²) < 4.78 is 6.52. The molecule has 0 aliphatic carbocycles. The smallest absolute Gasteiger partial charge is 0.193 e. The van der Waals surface area contributed by atoms with Crippen LogP contribution in [0.4, 0.5) is 0 Å². The molecule has 0 unspecified atom stereocenters.